The van der Waals surface area contributed by atoms with E-state index in [0.717, 1.165) is 44.1 Å². The van der Waals surface area contributed by atoms with Crippen molar-refractivity contribution in [3.63, 3.8) is 0 Å². The van der Waals surface area contributed by atoms with Gasteiger partial charge in [0.25, 0.3) is 0 Å². The van der Waals surface area contributed by atoms with E-state index in [1.807, 2.05) is 12.1 Å². The molecule has 2 heterocycles. The van der Waals surface area contributed by atoms with Crippen molar-refractivity contribution in [2.24, 2.45) is 0 Å². The van der Waals surface area contributed by atoms with Crippen LogP contribution in [0.5, 0.6) is 0 Å². The van der Waals surface area contributed by atoms with Crippen LogP contribution in [0.25, 0.3) is 0 Å². The Morgan fingerprint density at radius 1 is 1.15 bits per heavy atom. The van der Waals surface area contributed by atoms with E-state index in [9.17, 15) is 8.42 Å². The van der Waals surface area contributed by atoms with Gasteiger partial charge in [0.15, 0.2) is 0 Å². The smallest absolute Gasteiger partial charge is 0.241 e. The van der Waals surface area contributed by atoms with Crippen LogP contribution < -0.4 is 9.62 Å². The molecule has 0 unspecified atom stereocenters. The van der Waals surface area contributed by atoms with E-state index in [4.69, 9.17) is 11.6 Å². The van der Waals surface area contributed by atoms with Gasteiger partial charge in [-0.25, -0.2) is 18.1 Å². The van der Waals surface area contributed by atoms with Crippen molar-refractivity contribution >= 4 is 27.4 Å². The van der Waals surface area contributed by atoms with E-state index < -0.39 is 10.0 Å². The lowest BCUT2D eigenvalue weighted by molar-refractivity contribution is 0.270. The maximum atomic E-state index is 12.5. The van der Waals surface area contributed by atoms with Gasteiger partial charge >= 0.3 is 0 Å². The average Bonchev–Trinajstić information content (AvgIpc) is 2.69. The number of nitrogens with one attached hydrogen (secondary N) is 1. The van der Waals surface area contributed by atoms with E-state index in [1.165, 1.54) is 6.07 Å². The molecule has 1 fully saturated rings. The highest BCUT2D eigenvalue weighted by Gasteiger charge is 2.18. The number of sulfonamides is 1. The quantitative estimate of drug-likeness (QED) is 0.796. The molecule has 0 spiro atoms. The van der Waals surface area contributed by atoms with Crippen LogP contribution in [0, 0.1) is 6.92 Å². The largest absolute Gasteiger partial charge is 0.354 e. The maximum Gasteiger partial charge on any atom is 0.241 e. The van der Waals surface area contributed by atoms with Gasteiger partial charge in [-0.1, -0.05) is 30.7 Å². The van der Waals surface area contributed by atoms with E-state index in [2.05, 4.69) is 26.4 Å². The second-order valence-electron chi connectivity index (χ2n) is 6.68. The van der Waals surface area contributed by atoms with Crippen LogP contribution in [0.1, 0.15) is 18.1 Å². The first-order valence-corrected chi connectivity index (χ1v) is 10.9. The van der Waals surface area contributed by atoms with Gasteiger partial charge in [-0.05, 0) is 42.8 Å². The number of piperazine rings is 1. The summed E-state index contributed by atoms with van der Waals surface area (Å²) in [5, 5.41) is 0.398. The normalized spacial score (nSPS) is 15.9. The second-order valence-corrected chi connectivity index (χ2v) is 8.85. The number of anilines is 1. The number of rotatable bonds is 6. The summed E-state index contributed by atoms with van der Waals surface area (Å²) in [5.74, 6) is 0.933. The Labute approximate surface area is 166 Å². The SMILES string of the molecule is CCN1CCN(c2ccc(CNS(=O)(=O)c3cc(Cl)ccc3C)cn2)CC1. The molecule has 0 amide bonds. The Morgan fingerprint density at radius 3 is 2.52 bits per heavy atom. The minimum absolute atomic E-state index is 0.186. The first kappa shape index (κ1) is 20.1. The Bertz CT molecular complexity index is 879. The Balaban J connectivity index is 1.62. The van der Waals surface area contributed by atoms with Gasteiger partial charge in [-0.3, -0.25) is 0 Å². The fraction of sp³-hybridized carbons (Fsp3) is 0.421. The molecule has 0 atom stereocenters. The molecule has 1 aromatic carbocycles. The molecule has 1 saturated heterocycles. The van der Waals surface area contributed by atoms with Crippen LogP contribution in [0.15, 0.2) is 41.4 Å². The first-order chi connectivity index (χ1) is 12.9. The van der Waals surface area contributed by atoms with Crippen molar-refractivity contribution < 1.29 is 8.42 Å². The highest BCUT2D eigenvalue weighted by Crippen LogP contribution is 2.20. The van der Waals surface area contributed by atoms with Crippen molar-refractivity contribution in [1.29, 1.82) is 0 Å². The van der Waals surface area contributed by atoms with Crippen LogP contribution in [-0.4, -0.2) is 51.0 Å². The minimum Gasteiger partial charge on any atom is -0.354 e. The summed E-state index contributed by atoms with van der Waals surface area (Å²) >= 11 is 5.94. The molecule has 0 saturated carbocycles. The topological polar surface area (TPSA) is 65.5 Å². The third-order valence-electron chi connectivity index (χ3n) is 4.86. The lowest BCUT2D eigenvalue weighted by Crippen LogP contribution is -2.46. The molecule has 0 bridgehead atoms. The molecule has 3 rings (SSSR count). The Kier molecular flexibility index (Phi) is 6.37. The Hall–Kier alpha value is -1.67. The summed E-state index contributed by atoms with van der Waals surface area (Å²) in [6.07, 6.45) is 1.73. The molecule has 27 heavy (non-hydrogen) atoms. The van der Waals surface area contributed by atoms with Crippen LogP contribution in [-0.2, 0) is 16.6 Å². The van der Waals surface area contributed by atoms with E-state index in [1.54, 1.807) is 25.3 Å². The van der Waals surface area contributed by atoms with E-state index in [-0.39, 0.29) is 11.4 Å². The van der Waals surface area contributed by atoms with Crippen molar-refractivity contribution in [1.82, 2.24) is 14.6 Å². The van der Waals surface area contributed by atoms with Crippen LogP contribution >= 0.6 is 11.6 Å². The van der Waals surface area contributed by atoms with Crippen molar-refractivity contribution in [3.05, 3.63) is 52.7 Å². The molecule has 1 aliphatic rings. The fourth-order valence-electron chi connectivity index (χ4n) is 3.12. The number of halogens is 1. The van der Waals surface area contributed by atoms with Crippen LogP contribution in [0.2, 0.25) is 5.02 Å². The molecule has 0 radical (unpaired) electrons. The average molecular weight is 409 g/mol. The molecular formula is C19H25ClN4O2S. The van der Waals surface area contributed by atoms with Gasteiger partial charge in [0, 0.05) is 43.9 Å². The second kappa shape index (κ2) is 8.56. The van der Waals surface area contributed by atoms with E-state index in [0.29, 0.717) is 10.6 Å². The van der Waals surface area contributed by atoms with Crippen molar-refractivity contribution in [3.8, 4) is 0 Å². The third-order valence-corrected chi connectivity index (χ3v) is 6.64. The van der Waals surface area contributed by atoms with Gasteiger partial charge in [0.2, 0.25) is 10.0 Å². The number of benzene rings is 1. The maximum absolute atomic E-state index is 12.5. The zero-order valence-corrected chi connectivity index (χ0v) is 17.2. The number of aromatic nitrogens is 1. The molecule has 1 N–H and O–H groups in total. The summed E-state index contributed by atoms with van der Waals surface area (Å²) in [6.45, 7) is 9.19. The summed E-state index contributed by atoms with van der Waals surface area (Å²) in [6, 6.07) is 8.72. The molecule has 6 nitrogen and oxygen atoms in total. The molecule has 1 aromatic heterocycles. The predicted octanol–water partition coefficient (Wildman–Crippen LogP) is 2.66. The number of likely N-dealkylation sites (N-methyl/N-ethyl adjacent to an activating group) is 1. The number of nitrogens with zero attached hydrogens (tertiary/aromatic N) is 3. The number of hydrogen-bond donors (Lipinski definition) is 1. The Morgan fingerprint density at radius 2 is 1.89 bits per heavy atom. The van der Waals surface area contributed by atoms with Gasteiger partial charge in [0.1, 0.15) is 5.82 Å². The lowest BCUT2D eigenvalue weighted by Gasteiger charge is -2.34. The first-order valence-electron chi connectivity index (χ1n) is 9.07. The highest BCUT2D eigenvalue weighted by molar-refractivity contribution is 7.89. The zero-order chi connectivity index (χ0) is 19.4. The summed E-state index contributed by atoms with van der Waals surface area (Å²) in [7, 11) is -3.63. The zero-order valence-electron chi connectivity index (χ0n) is 15.7. The number of pyridine rings is 1. The summed E-state index contributed by atoms with van der Waals surface area (Å²) in [5.41, 5.74) is 1.47. The van der Waals surface area contributed by atoms with Crippen molar-refractivity contribution in [2.75, 3.05) is 37.6 Å². The van der Waals surface area contributed by atoms with Gasteiger partial charge in [0.05, 0.1) is 4.90 Å². The molecule has 8 heteroatoms. The molecule has 1 aliphatic heterocycles. The predicted molar refractivity (Wildman–Crippen MR) is 109 cm³/mol. The molecular weight excluding hydrogens is 384 g/mol. The van der Waals surface area contributed by atoms with Crippen molar-refractivity contribution in [2.45, 2.75) is 25.3 Å². The van der Waals surface area contributed by atoms with Crippen LogP contribution in [0.3, 0.4) is 0 Å². The minimum atomic E-state index is -3.63. The number of hydrogen-bond acceptors (Lipinski definition) is 5. The molecule has 0 aliphatic carbocycles. The lowest BCUT2D eigenvalue weighted by atomic mass is 10.2. The van der Waals surface area contributed by atoms with Crippen LogP contribution in [0.4, 0.5) is 5.82 Å². The van der Waals surface area contributed by atoms with Gasteiger partial charge in [-0.2, -0.15) is 0 Å². The molecule has 2 aromatic rings. The summed E-state index contributed by atoms with van der Waals surface area (Å²) in [4.78, 5) is 9.39. The number of aryl methyl sites for hydroxylation is 1. The standard InChI is InChI=1S/C19H25ClN4O2S/c1-3-23-8-10-24(11-9-23)19-7-5-16(13-21-19)14-22-27(25,26)18-12-17(20)6-4-15(18)2/h4-7,12-13,22H,3,8-11,14H2,1-2H3. The fourth-order valence-corrected chi connectivity index (χ4v) is 4.64. The summed E-state index contributed by atoms with van der Waals surface area (Å²) < 4.78 is 27.7. The monoisotopic (exact) mass is 408 g/mol. The van der Waals surface area contributed by atoms with E-state index >= 15 is 0 Å². The highest BCUT2D eigenvalue weighted by atomic mass is 35.5. The van der Waals surface area contributed by atoms with Gasteiger partial charge in [-0.15, -0.1) is 0 Å². The van der Waals surface area contributed by atoms with Gasteiger partial charge < -0.3 is 9.80 Å². The third kappa shape index (κ3) is 4.99. The molecule has 146 valence electrons.